The van der Waals surface area contributed by atoms with E-state index < -0.39 is 0 Å². The van der Waals surface area contributed by atoms with Gasteiger partial charge in [-0.15, -0.1) is 22.7 Å². The van der Waals surface area contributed by atoms with Crippen molar-refractivity contribution in [3.8, 4) is 0 Å². The molecule has 4 nitrogen and oxygen atoms in total. The quantitative estimate of drug-likeness (QED) is 0.801. The Morgan fingerprint density at radius 2 is 2.37 bits per heavy atom. The Hall–Kier alpha value is -1.40. The Morgan fingerprint density at radius 1 is 1.53 bits per heavy atom. The molecular weight excluding hydrogens is 278 g/mol. The molecule has 19 heavy (non-hydrogen) atoms. The molecule has 0 radical (unpaired) electrons. The van der Waals surface area contributed by atoms with E-state index in [9.17, 15) is 4.79 Å². The number of imidazole rings is 1. The normalized spacial score (nSPS) is 11.7. The maximum atomic E-state index is 12.0. The molecule has 0 aromatic carbocycles. The first kappa shape index (κ1) is 12.6. The van der Waals surface area contributed by atoms with E-state index in [0.717, 1.165) is 33.2 Å². The molecular formula is C13H15N3OS2. The SMILES string of the molecule is CC(C)CCNC(=O)c1cc2c(nc3sccn32)s1. The van der Waals surface area contributed by atoms with E-state index >= 15 is 0 Å². The molecule has 0 saturated carbocycles. The first-order chi connectivity index (χ1) is 9.15. The lowest BCUT2D eigenvalue weighted by Crippen LogP contribution is -2.24. The second-order valence-corrected chi connectivity index (χ2v) is 6.81. The van der Waals surface area contributed by atoms with Crippen LogP contribution in [0.4, 0.5) is 0 Å². The average molecular weight is 293 g/mol. The Kier molecular flexibility index (Phi) is 3.28. The molecule has 3 aromatic heterocycles. The fourth-order valence-corrected chi connectivity index (χ4v) is 3.64. The highest BCUT2D eigenvalue weighted by molar-refractivity contribution is 7.21. The summed E-state index contributed by atoms with van der Waals surface area (Å²) in [5, 5.41) is 4.96. The number of carbonyl (C=O) groups is 1. The number of nitrogens with zero attached hydrogens (tertiary/aromatic N) is 2. The zero-order valence-electron chi connectivity index (χ0n) is 10.8. The van der Waals surface area contributed by atoms with Crippen molar-refractivity contribution in [2.45, 2.75) is 20.3 Å². The standard InChI is InChI=1S/C13H15N3OS2/c1-8(2)3-4-14-11(17)10-7-9-12(19-10)15-13-16(9)5-6-18-13/h5-8H,3-4H2,1-2H3,(H,14,17). The van der Waals surface area contributed by atoms with Gasteiger partial charge in [-0.3, -0.25) is 9.20 Å². The van der Waals surface area contributed by atoms with Crippen molar-refractivity contribution in [3.05, 3.63) is 22.5 Å². The summed E-state index contributed by atoms with van der Waals surface area (Å²) in [6.45, 7) is 5.03. The Bertz CT molecular complexity index is 723. The highest BCUT2D eigenvalue weighted by atomic mass is 32.1. The van der Waals surface area contributed by atoms with Crippen molar-refractivity contribution in [3.63, 3.8) is 0 Å². The first-order valence-electron chi connectivity index (χ1n) is 6.28. The van der Waals surface area contributed by atoms with E-state index in [2.05, 4.69) is 24.1 Å². The van der Waals surface area contributed by atoms with Crippen molar-refractivity contribution in [2.24, 2.45) is 5.92 Å². The van der Waals surface area contributed by atoms with E-state index in [1.165, 1.54) is 11.3 Å². The number of thiazole rings is 1. The van der Waals surface area contributed by atoms with Crippen molar-refractivity contribution in [2.75, 3.05) is 6.54 Å². The summed E-state index contributed by atoms with van der Waals surface area (Å²) in [7, 11) is 0. The number of hydrogen-bond acceptors (Lipinski definition) is 4. The molecule has 0 bridgehead atoms. The minimum atomic E-state index is 0.00706. The fourth-order valence-electron chi connectivity index (χ4n) is 1.92. The van der Waals surface area contributed by atoms with E-state index in [0.29, 0.717) is 5.92 Å². The Balaban J connectivity index is 1.80. The van der Waals surface area contributed by atoms with Gasteiger partial charge in [0.1, 0.15) is 4.83 Å². The molecule has 0 saturated heterocycles. The third-order valence-corrected chi connectivity index (χ3v) is 4.74. The summed E-state index contributed by atoms with van der Waals surface area (Å²) in [5.74, 6) is 0.611. The smallest absolute Gasteiger partial charge is 0.261 e. The maximum Gasteiger partial charge on any atom is 0.261 e. The summed E-state index contributed by atoms with van der Waals surface area (Å²) >= 11 is 3.06. The van der Waals surface area contributed by atoms with Crippen LogP contribution in [0, 0.1) is 5.92 Å². The van der Waals surface area contributed by atoms with E-state index in [4.69, 9.17) is 0 Å². The van der Waals surface area contributed by atoms with E-state index in [1.54, 1.807) is 11.3 Å². The number of amides is 1. The number of thiophene rings is 1. The van der Waals surface area contributed by atoms with Gasteiger partial charge in [-0.05, 0) is 18.4 Å². The number of aromatic nitrogens is 2. The summed E-state index contributed by atoms with van der Waals surface area (Å²) in [6.07, 6.45) is 2.99. The average Bonchev–Trinajstić information content (AvgIpc) is 2.98. The van der Waals surface area contributed by atoms with Crippen LogP contribution >= 0.6 is 22.7 Å². The fraction of sp³-hybridized carbons (Fsp3) is 0.385. The molecule has 0 spiro atoms. The monoisotopic (exact) mass is 293 g/mol. The number of hydrogen-bond donors (Lipinski definition) is 1. The number of nitrogens with one attached hydrogen (secondary N) is 1. The number of fused-ring (bicyclic) bond motifs is 3. The predicted octanol–water partition coefficient (Wildman–Crippen LogP) is 3.39. The van der Waals surface area contributed by atoms with Crippen LogP contribution in [0.2, 0.25) is 0 Å². The van der Waals surface area contributed by atoms with Crippen LogP contribution in [0.15, 0.2) is 17.6 Å². The van der Waals surface area contributed by atoms with Gasteiger partial charge in [-0.2, -0.15) is 0 Å². The minimum absolute atomic E-state index is 0.00706. The zero-order valence-corrected chi connectivity index (χ0v) is 12.5. The van der Waals surface area contributed by atoms with Crippen LogP contribution in [0.25, 0.3) is 15.3 Å². The molecule has 0 atom stereocenters. The van der Waals surface area contributed by atoms with Crippen LogP contribution in [-0.2, 0) is 0 Å². The third kappa shape index (κ3) is 2.37. The molecule has 0 aliphatic rings. The molecule has 1 amide bonds. The minimum Gasteiger partial charge on any atom is -0.351 e. The van der Waals surface area contributed by atoms with Gasteiger partial charge in [0.05, 0.1) is 10.4 Å². The van der Waals surface area contributed by atoms with Gasteiger partial charge in [0.15, 0.2) is 4.96 Å². The third-order valence-electron chi connectivity index (χ3n) is 2.97. The first-order valence-corrected chi connectivity index (χ1v) is 7.98. The lowest BCUT2D eigenvalue weighted by molar-refractivity contribution is 0.0956. The molecule has 0 fully saturated rings. The van der Waals surface area contributed by atoms with E-state index in [1.807, 2.05) is 22.0 Å². The molecule has 6 heteroatoms. The summed E-state index contributed by atoms with van der Waals surface area (Å²) in [4.78, 5) is 19.2. The van der Waals surface area contributed by atoms with Gasteiger partial charge < -0.3 is 5.32 Å². The number of rotatable bonds is 4. The van der Waals surface area contributed by atoms with Crippen molar-refractivity contribution in [1.82, 2.24) is 14.7 Å². The molecule has 3 rings (SSSR count). The highest BCUT2D eigenvalue weighted by Crippen LogP contribution is 2.28. The topological polar surface area (TPSA) is 46.4 Å². The summed E-state index contributed by atoms with van der Waals surface area (Å²) in [5.41, 5.74) is 1.02. The molecule has 0 aliphatic carbocycles. The summed E-state index contributed by atoms with van der Waals surface area (Å²) in [6, 6.07) is 1.93. The lowest BCUT2D eigenvalue weighted by Gasteiger charge is -2.05. The van der Waals surface area contributed by atoms with Crippen molar-refractivity contribution < 1.29 is 4.79 Å². The maximum absolute atomic E-state index is 12.0. The Labute approximate surface area is 119 Å². The van der Waals surface area contributed by atoms with Gasteiger partial charge in [0, 0.05) is 18.1 Å². The largest absolute Gasteiger partial charge is 0.351 e. The summed E-state index contributed by atoms with van der Waals surface area (Å²) < 4.78 is 2.03. The molecule has 0 unspecified atom stereocenters. The van der Waals surface area contributed by atoms with Gasteiger partial charge in [-0.1, -0.05) is 13.8 Å². The number of carbonyl (C=O) groups excluding carboxylic acids is 1. The van der Waals surface area contributed by atoms with Crippen LogP contribution in [-0.4, -0.2) is 21.8 Å². The van der Waals surface area contributed by atoms with E-state index in [-0.39, 0.29) is 5.91 Å². The van der Waals surface area contributed by atoms with Gasteiger partial charge in [0.2, 0.25) is 0 Å². The van der Waals surface area contributed by atoms with Crippen molar-refractivity contribution >= 4 is 43.9 Å². The van der Waals surface area contributed by atoms with Crippen LogP contribution in [0.1, 0.15) is 29.9 Å². The molecule has 1 N–H and O–H groups in total. The van der Waals surface area contributed by atoms with Crippen molar-refractivity contribution in [1.29, 1.82) is 0 Å². The van der Waals surface area contributed by atoms with Gasteiger partial charge >= 0.3 is 0 Å². The molecule has 100 valence electrons. The predicted molar refractivity (Wildman–Crippen MR) is 80.2 cm³/mol. The zero-order chi connectivity index (χ0) is 13.4. The second kappa shape index (κ2) is 4.94. The molecule has 3 aromatic rings. The highest BCUT2D eigenvalue weighted by Gasteiger charge is 2.14. The van der Waals surface area contributed by atoms with Crippen LogP contribution in [0.5, 0.6) is 0 Å². The molecule has 3 heterocycles. The van der Waals surface area contributed by atoms with Gasteiger partial charge in [-0.25, -0.2) is 4.98 Å². The Morgan fingerprint density at radius 3 is 3.16 bits per heavy atom. The molecule has 0 aliphatic heterocycles. The van der Waals surface area contributed by atoms with Gasteiger partial charge in [0.25, 0.3) is 5.91 Å². The lowest BCUT2D eigenvalue weighted by atomic mass is 10.1. The second-order valence-electron chi connectivity index (χ2n) is 4.91. The van der Waals surface area contributed by atoms with Crippen LogP contribution in [0.3, 0.4) is 0 Å². The van der Waals surface area contributed by atoms with Crippen LogP contribution < -0.4 is 5.32 Å².